The molecule has 2 atom stereocenters. The van der Waals surface area contributed by atoms with Crippen molar-refractivity contribution in [3.63, 3.8) is 0 Å². The van der Waals surface area contributed by atoms with Crippen LogP contribution in [0.5, 0.6) is 5.75 Å². The number of likely N-dealkylation sites (tertiary alicyclic amines) is 1. The van der Waals surface area contributed by atoms with Crippen molar-refractivity contribution in [3.8, 4) is 17.1 Å². The molecule has 0 amide bonds. The summed E-state index contributed by atoms with van der Waals surface area (Å²) in [5.74, 6) is -1.41. The molecule has 2 fully saturated rings. The lowest BCUT2D eigenvalue weighted by molar-refractivity contribution is -0.287. The van der Waals surface area contributed by atoms with Crippen LogP contribution in [0.4, 0.5) is 22.0 Å². The summed E-state index contributed by atoms with van der Waals surface area (Å²) in [6.45, 7) is 1.66. The van der Waals surface area contributed by atoms with E-state index in [9.17, 15) is 22.0 Å². The maximum atomic E-state index is 13.2. The summed E-state index contributed by atoms with van der Waals surface area (Å²) in [6, 6.07) is 7.46. The molecule has 0 N–H and O–H groups in total. The molecule has 10 heteroatoms. The quantitative estimate of drug-likeness (QED) is 0.498. The van der Waals surface area contributed by atoms with E-state index in [-0.39, 0.29) is 0 Å². The van der Waals surface area contributed by atoms with Gasteiger partial charge < -0.3 is 9.26 Å². The number of nitrogens with zero attached hydrogens (tertiary/aromatic N) is 3. The van der Waals surface area contributed by atoms with Crippen LogP contribution in [0.2, 0.25) is 0 Å². The van der Waals surface area contributed by atoms with Crippen LogP contribution in [-0.2, 0) is 0 Å². The molecule has 0 bridgehead atoms. The molecule has 1 saturated heterocycles. The maximum absolute atomic E-state index is 13.2. The van der Waals surface area contributed by atoms with Crippen molar-refractivity contribution >= 4 is 0 Å². The Morgan fingerprint density at radius 1 is 1.09 bits per heavy atom. The Labute approximate surface area is 182 Å². The van der Waals surface area contributed by atoms with Crippen LogP contribution in [0.15, 0.2) is 28.8 Å². The molecular formula is C22H26F5N3O2. The number of hydrogen-bond donors (Lipinski definition) is 0. The first-order valence-corrected chi connectivity index (χ1v) is 10.8. The van der Waals surface area contributed by atoms with Gasteiger partial charge in [-0.15, -0.1) is 0 Å². The van der Waals surface area contributed by atoms with E-state index in [0.29, 0.717) is 62.0 Å². The Bertz CT molecular complexity index is 892. The van der Waals surface area contributed by atoms with Crippen molar-refractivity contribution in [1.82, 2.24) is 15.0 Å². The summed E-state index contributed by atoms with van der Waals surface area (Å²) in [7, 11) is 0. The first-order valence-electron chi connectivity index (χ1n) is 10.8. The van der Waals surface area contributed by atoms with E-state index in [4.69, 9.17) is 9.26 Å². The number of aromatic nitrogens is 2. The minimum absolute atomic E-state index is 0.294. The largest absolute Gasteiger partial charge is 0.494 e. The Kier molecular flexibility index (Phi) is 6.42. The topological polar surface area (TPSA) is 51.4 Å². The van der Waals surface area contributed by atoms with Gasteiger partial charge in [0.1, 0.15) is 5.75 Å². The van der Waals surface area contributed by atoms with Gasteiger partial charge in [0.15, 0.2) is 0 Å². The molecule has 2 aliphatic rings. The highest BCUT2D eigenvalue weighted by molar-refractivity contribution is 5.55. The molecule has 4 rings (SSSR count). The molecule has 0 unspecified atom stereocenters. The Hall–Kier alpha value is -2.23. The van der Waals surface area contributed by atoms with Gasteiger partial charge in [-0.3, -0.25) is 4.90 Å². The van der Waals surface area contributed by atoms with E-state index < -0.39 is 18.6 Å². The van der Waals surface area contributed by atoms with Crippen LogP contribution in [0.3, 0.4) is 0 Å². The van der Waals surface area contributed by atoms with Crippen LogP contribution in [-0.4, -0.2) is 53.4 Å². The molecule has 0 spiro atoms. The van der Waals surface area contributed by atoms with E-state index >= 15 is 0 Å². The summed E-state index contributed by atoms with van der Waals surface area (Å²) >= 11 is 0. The second-order valence-electron chi connectivity index (χ2n) is 8.77. The highest BCUT2D eigenvalue weighted by Crippen LogP contribution is 2.50. The predicted molar refractivity (Wildman–Crippen MR) is 106 cm³/mol. The van der Waals surface area contributed by atoms with E-state index in [1.165, 1.54) is 4.90 Å². The smallest absolute Gasteiger partial charge is 0.454 e. The number of rotatable bonds is 8. The van der Waals surface area contributed by atoms with E-state index in [0.717, 1.165) is 24.2 Å². The molecule has 1 aliphatic heterocycles. The van der Waals surface area contributed by atoms with Gasteiger partial charge in [0.2, 0.25) is 11.7 Å². The molecule has 2 heterocycles. The van der Waals surface area contributed by atoms with Crippen LogP contribution in [0.1, 0.15) is 31.6 Å². The molecule has 5 nitrogen and oxygen atoms in total. The van der Waals surface area contributed by atoms with Crippen LogP contribution < -0.4 is 4.74 Å². The van der Waals surface area contributed by atoms with Crippen molar-refractivity contribution < 1.29 is 31.2 Å². The summed E-state index contributed by atoms with van der Waals surface area (Å²) in [6.07, 6.45) is -2.16. The summed E-state index contributed by atoms with van der Waals surface area (Å²) in [5.41, 5.74) is 0.843. The van der Waals surface area contributed by atoms with Gasteiger partial charge in [-0.2, -0.15) is 26.9 Å². The van der Waals surface area contributed by atoms with E-state index in [2.05, 4.69) is 10.1 Å². The van der Waals surface area contributed by atoms with Crippen molar-refractivity contribution in [1.29, 1.82) is 0 Å². The first-order chi connectivity index (χ1) is 15.1. The fraction of sp³-hybridized carbons (Fsp3) is 0.636. The van der Waals surface area contributed by atoms with Gasteiger partial charge >= 0.3 is 12.1 Å². The molecule has 1 aliphatic carbocycles. The van der Waals surface area contributed by atoms with Gasteiger partial charge in [0.05, 0.1) is 13.2 Å². The predicted octanol–water partition coefficient (Wildman–Crippen LogP) is 5.36. The highest BCUT2D eigenvalue weighted by atomic mass is 19.4. The number of piperidine rings is 1. The first kappa shape index (κ1) is 22.9. The van der Waals surface area contributed by atoms with Gasteiger partial charge in [-0.1, -0.05) is 5.16 Å². The molecule has 2 aromatic rings. The molecule has 1 aromatic heterocycles. The normalized spacial score (nSPS) is 22.8. The average molecular weight is 459 g/mol. The number of alkyl halides is 5. The number of halogens is 5. The minimum atomic E-state index is -5.49. The van der Waals surface area contributed by atoms with E-state index in [1.807, 2.05) is 24.3 Å². The fourth-order valence-electron chi connectivity index (χ4n) is 4.53. The van der Waals surface area contributed by atoms with E-state index in [1.54, 1.807) is 6.92 Å². The zero-order valence-corrected chi connectivity index (χ0v) is 17.7. The maximum Gasteiger partial charge on any atom is 0.454 e. The molecule has 32 heavy (non-hydrogen) atoms. The molecule has 176 valence electrons. The number of hydrogen-bond acceptors (Lipinski definition) is 5. The van der Waals surface area contributed by atoms with Crippen molar-refractivity contribution in [2.45, 2.75) is 44.7 Å². The zero-order valence-electron chi connectivity index (χ0n) is 17.7. The van der Waals surface area contributed by atoms with Crippen molar-refractivity contribution in [2.24, 2.45) is 17.8 Å². The third kappa shape index (κ3) is 5.39. The monoisotopic (exact) mass is 459 g/mol. The second kappa shape index (κ2) is 8.96. The third-order valence-electron chi connectivity index (χ3n) is 6.45. The fourth-order valence-corrected chi connectivity index (χ4v) is 4.53. The lowest BCUT2D eigenvalue weighted by Gasteiger charge is -2.34. The number of benzene rings is 1. The minimum Gasteiger partial charge on any atom is -0.494 e. The average Bonchev–Trinajstić information content (AvgIpc) is 3.37. The van der Waals surface area contributed by atoms with Gasteiger partial charge in [0, 0.05) is 12.5 Å². The molecule has 1 aromatic carbocycles. The Balaban J connectivity index is 1.15. The second-order valence-corrected chi connectivity index (χ2v) is 8.77. The molecular weight excluding hydrogens is 433 g/mol. The van der Waals surface area contributed by atoms with Gasteiger partial charge in [-0.05, 0) is 80.8 Å². The number of aryl methyl sites for hydroxylation is 1. The van der Waals surface area contributed by atoms with Crippen LogP contribution in [0.25, 0.3) is 11.4 Å². The van der Waals surface area contributed by atoms with Crippen LogP contribution in [0, 0.1) is 24.7 Å². The summed E-state index contributed by atoms with van der Waals surface area (Å²) < 4.78 is 74.5. The summed E-state index contributed by atoms with van der Waals surface area (Å²) in [4.78, 5) is 5.42. The number of ether oxygens (including phenoxy) is 1. The molecule has 0 radical (unpaired) electrons. The lowest BCUT2D eigenvalue weighted by Crippen LogP contribution is -2.49. The Morgan fingerprint density at radius 3 is 2.38 bits per heavy atom. The Morgan fingerprint density at radius 2 is 1.78 bits per heavy atom. The SMILES string of the molecule is Cc1nc(-c2ccc(OCC[C@@H]3C[C@@H]3C3CCN(CC(F)(F)C(F)(F)F)CC3)cc2)no1. The van der Waals surface area contributed by atoms with Crippen molar-refractivity contribution in [2.75, 3.05) is 26.2 Å². The van der Waals surface area contributed by atoms with Gasteiger partial charge in [0.25, 0.3) is 0 Å². The standard InChI is InChI=1S/C22H26F5N3O2/c1-14-28-20(29-32-14)16-2-4-18(5-3-16)31-11-8-17-12-19(17)15-6-9-30(10-7-15)13-21(23,24)22(25,26)27/h2-5,15,17,19H,6-13H2,1H3/t17-,19-/m1/s1. The van der Waals surface area contributed by atoms with Crippen LogP contribution >= 0.6 is 0 Å². The zero-order chi connectivity index (χ0) is 22.9. The molecule has 1 saturated carbocycles. The van der Waals surface area contributed by atoms with Crippen molar-refractivity contribution in [3.05, 3.63) is 30.2 Å². The third-order valence-corrected chi connectivity index (χ3v) is 6.45. The lowest BCUT2D eigenvalue weighted by atomic mass is 9.90. The van der Waals surface area contributed by atoms with Gasteiger partial charge in [-0.25, -0.2) is 0 Å². The summed E-state index contributed by atoms with van der Waals surface area (Å²) in [5, 5.41) is 3.88. The highest BCUT2D eigenvalue weighted by Gasteiger charge is 2.58.